The summed E-state index contributed by atoms with van der Waals surface area (Å²) in [6.45, 7) is 2.35. The number of anilines is 1. The Hall–Kier alpha value is -2.21. The molecular formula is C17H19ClN4O2. The summed E-state index contributed by atoms with van der Waals surface area (Å²) < 4.78 is 1.60. The van der Waals surface area contributed by atoms with Crippen LogP contribution in [0, 0.1) is 5.92 Å². The highest BCUT2D eigenvalue weighted by Crippen LogP contribution is 2.29. The van der Waals surface area contributed by atoms with E-state index in [0.29, 0.717) is 18.7 Å². The zero-order valence-corrected chi connectivity index (χ0v) is 14.2. The molecule has 2 aromatic heterocycles. The van der Waals surface area contributed by atoms with Crippen LogP contribution in [0.25, 0.3) is 5.69 Å². The molecule has 7 heteroatoms. The quantitative estimate of drug-likeness (QED) is 0.834. The van der Waals surface area contributed by atoms with Crippen molar-refractivity contribution in [3.63, 3.8) is 0 Å². The van der Waals surface area contributed by atoms with Crippen LogP contribution in [0.4, 0.5) is 5.69 Å². The molecule has 1 aliphatic rings. The van der Waals surface area contributed by atoms with Crippen LogP contribution in [0.2, 0.25) is 5.15 Å². The molecule has 1 saturated carbocycles. The fourth-order valence-corrected chi connectivity index (χ4v) is 3.28. The number of hydrogen-bond acceptors (Lipinski definition) is 4. The van der Waals surface area contributed by atoms with Crippen molar-refractivity contribution in [1.29, 1.82) is 0 Å². The maximum Gasteiger partial charge on any atom is 0.227 e. The largest absolute Gasteiger partial charge is 0.308 e. The summed E-state index contributed by atoms with van der Waals surface area (Å²) >= 11 is 6.24. The average Bonchev–Trinajstić information content (AvgIpc) is 3.16. The Labute approximate surface area is 145 Å². The van der Waals surface area contributed by atoms with Gasteiger partial charge in [-0.15, -0.1) is 0 Å². The summed E-state index contributed by atoms with van der Waals surface area (Å²) in [7, 11) is 0. The molecule has 0 saturated heterocycles. The molecule has 6 nitrogen and oxygen atoms in total. The van der Waals surface area contributed by atoms with E-state index < -0.39 is 0 Å². The fraction of sp³-hybridized carbons (Fsp3) is 0.412. The van der Waals surface area contributed by atoms with Crippen molar-refractivity contribution in [2.24, 2.45) is 5.92 Å². The number of carbonyl (C=O) groups is 2. The first-order chi connectivity index (χ1) is 11.6. The number of Topliss-reactive ketones (excluding diaryl/α,β-unsaturated/α-hetero) is 1. The number of rotatable bonds is 5. The normalized spacial score (nSPS) is 17.2. The Bertz CT molecular complexity index is 744. The van der Waals surface area contributed by atoms with E-state index in [0.717, 1.165) is 18.5 Å². The summed E-state index contributed by atoms with van der Waals surface area (Å²) in [5, 5.41) is 4.52. The molecule has 1 unspecified atom stereocenters. The Balaban J connectivity index is 1.81. The van der Waals surface area contributed by atoms with Crippen molar-refractivity contribution in [2.75, 3.05) is 11.4 Å². The smallest absolute Gasteiger partial charge is 0.227 e. The zero-order chi connectivity index (χ0) is 17.1. The molecule has 24 heavy (non-hydrogen) atoms. The minimum atomic E-state index is -0.154. The van der Waals surface area contributed by atoms with E-state index in [1.165, 1.54) is 0 Å². The highest BCUT2D eigenvalue weighted by atomic mass is 35.5. The molecule has 0 radical (unpaired) electrons. The van der Waals surface area contributed by atoms with Crippen molar-refractivity contribution in [1.82, 2.24) is 14.8 Å². The minimum Gasteiger partial charge on any atom is -0.308 e. The van der Waals surface area contributed by atoms with Crippen LogP contribution >= 0.6 is 11.6 Å². The lowest BCUT2D eigenvalue weighted by molar-refractivity contribution is -0.126. The van der Waals surface area contributed by atoms with E-state index >= 15 is 0 Å². The van der Waals surface area contributed by atoms with Crippen LogP contribution in [0.5, 0.6) is 0 Å². The predicted molar refractivity (Wildman–Crippen MR) is 91.4 cm³/mol. The molecule has 0 aromatic carbocycles. The lowest BCUT2D eigenvalue weighted by Crippen LogP contribution is -2.32. The van der Waals surface area contributed by atoms with Crippen LogP contribution in [-0.2, 0) is 9.59 Å². The maximum atomic E-state index is 12.6. The predicted octanol–water partition coefficient (Wildman–Crippen LogP) is 3.03. The number of aromatic nitrogens is 3. The van der Waals surface area contributed by atoms with Gasteiger partial charge in [-0.05, 0) is 31.9 Å². The first-order valence-corrected chi connectivity index (χ1v) is 8.46. The number of ketones is 1. The SMILES string of the molecule is CCN(C(=O)CC1CCCC1=O)c1cn(-c2cccnc2)nc1Cl. The topological polar surface area (TPSA) is 68.1 Å². The van der Waals surface area contributed by atoms with Gasteiger partial charge in [0.15, 0.2) is 5.15 Å². The zero-order valence-electron chi connectivity index (χ0n) is 13.5. The van der Waals surface area contributed by atoms with Gasteiger partial charge in [-0.25, -0.2) is 4.68 Å². The van der Waals surface area contributed by atoms with Gasteiger partial charge in [0, 0.05) is 31.5 Å². The molecule has 1 aliphatic carbocycles. The summed E-state index contributed by atoms with van der Waals surface area (Å²) in [6.07, 6.45) is 7.56. The van der Waals surface area contributed by atoms with Crippen molar-refractivity contribution < 1.29 is 9.59 Å². The Kier molecular flexibility index (Phi) is 4.94. The van der Waals surface area contributed by atoms with E-state index in [1.807, 2.05) is 13.0 Å². The molecule has 0 bridgehead atoms. The van der Waals surface area contributed by atoms with Gasteiger partial charge in [0.05, 0.1) is 18.1 Å². The Morgan fingerprint density at radius 2 is 2.33 bits per heavy atom. The van der Waals surface area contributed by atoms with Crippen LogP contribution < -0.4 is 4.90 Å². The monoisotopic (exact) mass is 346 g/mol. The molecule has 3 rings (SSSR count). The van der Waals surface area contributed by atoms with Crippen LogP contribution in [0.15, 0.2) is 30.7 Å². The standard InChI is InChI=1S/C17H19ClN4O2/c1-2-21(16(24)9-12-5-3-7-15(12)23)14-11-22(20-17(14)18)13-6-4-8-19-10-13/h4,6,8,10-12H,2-3,5,7,9H2,1H3. The van der Waals surface area contributed by atoms with E-state index in [9.17, 15) is 9.59 Å². The molecule has 0 aliphatic heterocycles. The second-order valence-corrected chi connectivity index (χ2v) is 6.22. The van der Waals surface area contributed by atoms with Gasteiger partial charge >= 0.3 is 0 Å². The number of pyridine rings is 1. The summed E-state index contributed by atoms with van der Waals surface area (Å²) in [6, 6.07) is 3.66. The molecule has 0 spiro atoms. The highest BCUT2D eigenvalue weighted by Gasteiger charge is 2.29. The lowest BCUT2D eigenvalue weighted by Gasteiger charge is -2.21. The van der Waals surface area contributed by atoms with Crippen LogP contribution in [-0.4, -0.2) is 33.0 Å². The average molecular weight is 347 g/mol. The molecule has 1 amide bonds. The highest BCUT2D eigenvalue weighted by molar-refractivity contribution is 6.32. The molecule has 2 heterocycles. The third-order valence-corrected chi connectivity index (χ3v) is 4.59. The summed E-state index contributed by atoms with van der Waals surface area (Å²) in [4.78, 5) is 30.1. The van der Waals surface area contributed by atoms with E-state index in [-0.39, 0.29) is 29.2 Å². The van der Waals surface area contributed by atoms with Crippen molar-refractivity contribution >= 4 is 29.0 Å². The van der Waals surface area contributed by atoms with E-state index in [4.69, 9.17) is 11.6 Å². The lowest BCUT2D eigenvalue weighted by atomic mass is 10.0. The maximum absolute atomic E-state index is 12.6. The van der Waals surface area contributed by atoms with Crippen molar-refractivity contribution in [3.05, 3.63) is 35.9 Å². The second-order valence-electron chi connectivity index (χ2n) is 5.86. The van der Waals surface area contributed by atoms with Gasteiger partial charge < -0.3 is 4.90 Å². The second kappa shape index (κ2) is 7.13. The summed E-state index contributed by atoms with van der Waals surface area (Å²) in [5.74, 6) is -0.0550. The van der Waals surface area contributed by atoms with Gasteiger partial charge in [-0.2, -0.15) is 5.10 Å². The number of hydrogen-bond donors (Lipinski definition) is 0. The molecule has 2 aromatic rings. The van der Waals surface area contributed by atoms with Gasteiger partial charge in [0.25, 0.3) is 0 Å². The number of nitrogens with zero attached hydrogens (tertiary/aromatic N) is 4. The van der Waals surface area contributed by atoms with Crippen molar-refractivity contribution in [2.45, 2.75) is 32.6 Å². The number of carbonyl (C=O) groups excluding carboxylic acids is 2. The first kappa shape index (κ1) is 16.6. The van der Waals surface area contributed by atoms with Crippen LogP contribution in [0.1, 0.15) is 32.6 Å². The van der Waals surface area contributed by atoms with E-state index in [2.05, 4.69) is 10.1 Å². The summed E-state index contributed by atoms with van der Waals surface area (Å²) in [5.41, 5.74) is 1.32. The third-order valence-electron chi connectivity index (χ3n) is 4.32. The van der Waals surface area contributed by atoms with Crippen LogP contribution in [0.3, 0.4) is 0 Å². The van der Waals surface area contributed by atoms with Crippen molar-refractivity contribution in [3.8, 4) is 5.69 Å². The Morgan fingerprint density at radius 1 is 1.50 bits per heavy atom. The fourth-order valence-electron chi connectivity index (χ4n) is 3.05. The van der Waals surface area contributed by atoms with Gasteiger partial charge in [0.1, 0.15) is 11.5 Å². The first-order valence-electron chi connectivity index (χ1n) is 8.08. The molecular weight excluding hydrogens is 328 g/mol. The van der Waals surface area contributed by atoms with E-state index in [1.54, 1.807) is 34.2 Å². The molecule has 126 valence electrons. The van der Waals surface area contributed by atoms with Gasteiger partial charge in [-0.1, -0.05) is 11.6 Å². The van der Waals surface area contributed by atoms with Gasteiger partial charge in [-0.3, -0.25) is 14.6 Å². The molecule has 1 atom stereocenters. The van der Waals surface area contributed by atoms with Gasteiger partial charge in [0.2, 0.25) is 5.91 Å². The molecule has 0 N–H and O–H groups in total. The molecule has 1 fully saturated rings. The number of amides is 1. The minimum absolute atomic E-state index is 0.0922. The third kappa shape index (κ3) is 3.33. The Morgan fingerprint density at radius 3 is 2.96 bits per heavy atom. The number of halogens is 1.